The summed E-state index contributed by atoms with van der Waals surface area (Å²) in [4.78, 5) is 4.30. The third-order valence-electron chi connectivity index (χ3n) is 4.42. The van der Waals surface area contributed by atoms with Crippen LogP contribution in [-0.2, 0) is 4.74 Å². The van der Waals surface area contributed by atoms with Crippen LogP contribution in [-0.4, -0.2) is 38.8 Å². The van der Waals surface area contributed by atoms with Crippen molar-refractivity contribution in [2.24, 2.45) is 10.9 Å². The molecule has 3 rings (SSSR count). The first-order chi connectivity index (χ1) is 11.3. The quantitative estimate of drug-likeness (QED) is 0.436. The van der Waals surface area contributed by atoms with E-state index in [0.29, 0.717) is 12.0 Å². The van der Waals surface area contributed by atoms with Crippen LogP contribution in [0.3, 0.4) is 0 Å². The van der Waals surface area contributed by atoms with Gasteiger partial charge in [0.15, 0.2) is 5.96 Å². The minimum Gasteiger partial charge on any atom is -0.381 e. The lowest BCUT2D eigenvalue weighted by molar-refractivity contribution is 0.123. The minimum absolute atomic E-state index is 0.450. The molecule has 126 valence electrons. The van der Waals surface area contributed by atoms with E-state index in [1.54, 1.807) is 0 Å². The predicted octanol–water partition coefficient (Wildman–Crippen LogP) is 3.18. The molecule has 0 aliphatic heterocycles. The highest BCUT2D eigenvalue weighted by Crippen LogP contribution is 2.41. The van der Waals surface area contributed by atoms with Crippen LogP contribution in [0.2, 0.25) is 5.02 Å². The Bertz CT molecular complexity index is 545. The van der Waals surface area contributed by atoms with Gasteiger partial charge in [-0.2, -0.15) is 0 Å². The fourth-order valence-corrected chi connectivity index (χ4v) is 2.94. The summed E-state index contributed by atoms with van der Waals surface area (Å²) in [5, 5.41) is 7.65. The van der Waals surface area contributed by atoms with Crippen molar-refractivity contribution in [3.63, 3.8) is 0 Å². The summed E-state index contributed by atoms with van der Waals surface area (Å²) in [6, 6.07) is 8.59. The standard InChI is InChI=1S/C18H26ClN3O/c1-20-18(21-8-3-9-23-12-13-6-7-13)22-17-11-16(17)14-4-2-5-15(19)10-14/h2,4-5,10,13,16-17H,3,6-9,11-12H2,1H3,(H2,20,21,22). The van der Waals surface area contributed by atoms with Crippen molar-refractivity contribution in [2.75, 3.05) is 26.8 Å². The summed E-state index contributed by atoms with van der Waals surface area (Å²) < 4.78 is 5.64. The molecule has 1 aromatic rings. The molecule has 0 saturated heterocycles. The number of benzene rings is 1. The summed E-state index contributed by atoms with van der Waals surface area (Å²) in [6.07, 6.45) is 4.84. The van der Waals surface area contributed by atoms with Crippen molar-refractivity contribution in [1.82, 2.24) is 10.6 Å². The summed E-state index contributed by atoms with van der Waals surface area (Å²) in [6.45, 7) is 2.66. The van der Waals surface area contributed by atoms with Crippen molar-refractivity contribution in [3.8, 4) is 0 Å². The van der Waals surface area contributed by atoms with Gasteiger partial charge in [0.2, 0.25) is 0 Å². The van der Waals surface area contributed by atoms with E-state index in [0.717, 1.165) is 49.5 Å². The number of nitrogens with zero attached hydrogens (tertiary/aromatic N) is 1. The number of halogens is 1. The van der Waals surface area contributed by atoms with Crippen LogP contribution in [0.5, 0.6) is 0 Å². The Hall–Kier alpha value is -1.26. The van der Waals surface area contributed by atoms with Crippen LogP contribution < -0.4 is 10.6 Å². The molecule has 0 heterocycles. The first kappa shape index (κ1) is 16.6. The van der Waals surface area contributed by atoms with Crippen LogP contribution in [0, 0.1) is 5.92 Å². The molecule has 0 aromatic heterocycles. The van der Waals surface area contributed by atoms with Crippen LogP contribution in [0.1, 0.15) is 37.2 Å². The molecule has 4 nitrogen and oxygen atoms in total. The highest BCUT2D eigenvalue weighted by atomic mass is 35.5. The molecule has 2 atom stereocenters. The van der Waals surface area contributed by atoms with Crippen LogP contribution >= 0.6 is 11.6 Å². The molecule has 2 aliphatic rings. The summed E-state index contributed by atoms with van der Waals surface area (Å²) >= 11 is 6.06. The van der Waals surface area contributed by atoms with E-state index in [9.17, 15) is 0 Å². The first-order valence-electron chi connectivity index (χ1n) is 8.56. The molecule has 2 fully saturated rings. The Morgan fingerprint density at radius 3 is 3.00 bits per heavy atom. The topological polar surface area (TPSA) is 45.7 Å². The molecule has 2 saturated carbocycles. The van der Waals surface area contributed by atoms with Gasteiger partial charge in [-0.1, -0.05) is 23.7 Å². The van der Waals surface area contributed by atoms with Gasteiger partial charge in [0.05, 0.1) is 0 Å². The lowest BCUT2D eigenvalue weighted by Crippen LogP contribution is -2.39. The molecule has 23 heavy (non-hydrogen) atoms. The maximum Gasteiger partial charge on any atom is 0.191 e. The average molecular weight is 336 g/mol. The highest BCUT2D eigenvalue weighted by Gasteiger charge is 2.39. The average Bonchev–Trinajstić information content (AvgIpc) is 3.44. The number of rotatable bonds is 8. The Kier molecular flexibility index (Phi) is 5.79. The lowest BCUT2D eigenvalue weighted by Gasteiger charge is -2.12. The molecule has 0 radical (unpaired) electrons. The molecule has 0 bridgehead atoms. The van der Waals surface area contributed by atoms with Gasteiger partial charge in [-0.15, -0.1) is 0 Å². The number of ether oxygens (including phenoxy) is 1. The van der Waals surface area contributed by atoms with E-state index in [1.807, 2.05) is 19.2 Å². The normalized spacial score (nSPS) is 23.7. The lowest BCUT2D eigenvalue weighted by atomic mass is 10.1. The summed E-state index contributed by atoms with van der Waals surface area (Å²) in [7, 11) is 1.82. The van der Waals surface area contributed by atoms with Gasteiger partial charge in [0.1, 0.15) is 0 Å². The summed E-state index contributed by atoms with van der Waals surface area (Å²) in [5.74, 6) is 2.26. The molecule has 2 N–H and O–H groups in total. The second kappa shape index (κ2) is 8.02. The largest absolute Gasteiger partial charge is 0.381 e. The minimum atomic E-state index is 0.450. The number of aliphatic imine (C=N–C) groups is 1. The van der Waals surface area contributed by atoms with Gasteiger partial charge in [-0.3, -0.25) is 4.99 Å². The SMILES string of the molecule is CN=C(NCCCOCC1CC1)NC1CC1c1cccc(Cl)c1. The van der Waals surface area contributed by atoms with Gasteiger partial charge in [-0.25, -0.2) is 0 Å². The smallest absolute Gasteiger partial charge is 0.191 e. The Morgan fingerprint density at radius 1 is 1.39 bits per heavy atom. The van der Waals surface area contributed by atoms with Crippen LogP contribution in [0.25, 0.3) is 0 Å². The van der Waals surface area contributed by atoms with Gasteiger partial charge in [0.25, 0.3) is 0 Å². The summed E-state index contributed by atoms with van der Waals surface area (Å²) in [5.41, 5.74) is 1.30. The van der Waals surface area contributed by atoms with Gasteiger partial charge in [0, 0.05) is 43.8 Å². The zero-order valence-corrected chi connectivity index (χ0v) is 14.5. The molecule has 2 aliphatic carbocycles. The Labute approximate surface area is 143 Å². The van der Waals surface area contributed by atoms with Gasteiger partial charge >= 0.3 is 0 Å². The van der Waals surface area contributed by atoms with Crippen molar-refractivity contribution in [1.29, 1.82) is 0 Å². The van der Waals surface area contributed by atoms with Crippen molar-refractivity contribution >= 4 is 17.6 Å². The molecule has 0 amide bonds. The van der Waals surface area contributed by atoms with Crippen molar-refractivity contribution in [2.45, 2.75) is 37.6 Å². The Balaban J connectivity index is 1.32. The maximum atomic E-state index is 6.06. The van der Waals surface area contributed by atoms with E-state index in [1.165, 1.54) is 18.4 Å². The van der Waals surface area contributed by atoms with E-state index in [2.05, 4.69) is 27.8 Å². The van der Waals surface area contributed by atoms with Crippen molar-refractivity contribution in [3.05, 3.63) is 34.9 Å². The van der Waals surface area contributed by atoms with Gasteiger partial charge in [-0.05, 0) is 49.3 Å². The molecule has 2 unspecified atom stereocenters. The Morgan fingerprint density at radius 2 is 2.26 bits per heavy atom. The second-order valence-electron chi connectivity index (χ2n) is 6.52. The molecular weight excluding hydrogens is 310 g/mol. The molecule has 5 heteroatoms. The van der Waals surface area contributed by atoms with Crippen LogP contribution in [0.4, 0.5) is 0 Å². The molecular formula is C18H26ClN3O. The third kappa shape index (κ3) is 5.40. The maximum absolute atomic E-state index is 6.06. The number of hydrogen-bond donors (Lipinski definition) is 2. The fourth-order valence-electron chi connectivity index (χ4n) is 2.75. The molecule has 1 aromatic carbocycles. The monoisotopic (exact) mass is 335 g/mol. The highest BCUT2D eigenvalue weighted by molar-refractivity contribution is 6.30. The van der Waals surface area contributed by atoms with E-state index in [4.69, 9.17) is 16.3 Å². The zero-order chi connectivity index (χ0) is 16.1. The molecule has 0 spiro atoms. The second-order valence-corrected chi connectivity index (χ2v) is 6.96. The van der Waals surface area contributed by atoms with E-state index in [-0.39, 0.29) is 0 Å². The zero-order valence-electron chi connectivity index (χ0n) is 13.7. The first-order valence-corrected chi connectivity index (χ1v) is 8.94. The van der Waals surface area contributed by atoms with Crippen molar-refractivity contribution < 1.29 is 4.74 Å². The van der Waals surface area contributed by atoms with Gasteiger partial charge < -0.3 is 15.4 Å². The van der Waals surface area contributed by atoms with Crippen LogP contribution in [0.15, 0.2) is 29.3 Å². The van der Waals surface area contributed by atoms with E-state index < -0.39 is 0 Å². The number of guanidine groups is 1. The number of hydrogen-bond acceptors (Lipinski definition) is 2. The van der Waals surface area contributed by atoms with E-state index >= 15 is 0 Å². The predicted molar refractivity (Wildman–Crippen MR) is 95.3 cm³/mol. The fraction of sp³-hybridized carbons (Fsp3) is 0.611. The number of nitrogens with one attached hydrogen (secondary N) is 2. The third-order valence-corrected chi connectivity index (χ3v) is 4.66.